The number of hydrogen-bond donors (Lipinski definition) is 0. The predicted molar refractivity (Wildman–Crippen MR) is 204 cm³/mol. The molecule has 0 aromatic heterocycles. The smallest absolute Gasteiger partial charge is 0.161 e. The van der Waals surface area contributed by atoms with Crippen molar-refractivity contribution in [3.05, 3.63) is 106 Å². The lowest BCUT2D eigenvalue weighted by molar-refractivity contribution is 0.103. The first-order valence-electron chi connectivity index (χ1n) is 18.8. The maximum Gasteiger partial charge on any atom is 0.161 e. The van der Waals surface area contributed by atoms with Gasteiger partial charge in [0.2, 0.25) is 0 Å². The normalized spacial score (nSPS) is 21.0. The van der Waals surface area contributed by atoms with E-state index in [-0.39, 0.29) is 0 Å². The Labute approximate surface area is 295 Å². The summed E-state index contributed by atoms with van der Waals surface area (Å²) in [6.07, 6.45) is 18.0. The van der Waals surface area contributed by atoms with E-state index < -0.39 is 5.41 Å². The summed E-state index contributed by atoms with van der Waals surface area (Å²) in [5.74, 6) is 5.07. The summed E-state index contributed by atoms with van der Waals surface area (Å²) in [5.41, 5.74) is 9.00. The molecule has 0 heterocycles. The lowest BCUT2D eigenvalue weighted by Gasteiger charge is -2.42. The molecule has 5 unspecified atom stereocenters. The molecule has 4 aliphatic rings. The van der Waals surface area contributed by atoms with Gasteiger partial charge in [-0.25, -0.2) is 0 Å². The van der Waals surface area contributed by atoms with Crippen molar-refractivity contribution >= 4 is 23.3 Å². The molecule has 0 aliphatic heterocycles. The zero-order chi connectivity index (χ0) is 34.7. The van der Waals surface area contributed by atoms with E-state index in [2.05, 4.69) is 128 Å². The molecule has 0 radical (unpaired) electrons. The van der Waals surface area contributed by atoms with Gasteiger partial charge in [-0.05, 0) is 98.6 Å². The minimum Gasteiger partial charge on any atom is -0.492 e. The molecule has 4 nitrogen and oxygen atoms in total. The molecular formula is C45H56O4. The number of hydrogen-bond acceptors (Lipinski definition) is 4. The first-order chi connectivity index (χ1) is 23.7. The van der Waals surface area contributed by atoms with Crippen LogP contribution in [0.25, 0.3) is 23.3 Å². The van der Waals surface area contributed by atoms with E-state index in [4.69, 9.17) is 18.9 Å². The molecule has 4 heteroatoms. The quantitative estimate of drug-likeness (QED) is 0.180. The van der Waals surface area contributed by atoms with E-state index in [9.17, 15) is 0 Å². The molecule has 5 atom stereocenters. The third kappa shape index (κ3) is 6.68. The molecule has 4 aliphatic carbocycles. The molecule has 0 saturated carbocycles. The molecule has 0 N–H and O–H groups in total. The van der Waals surface area contributed by atoms with E-state index in [1.807, 2.05) is 0 Å². The molecule has 0 amide bonds. The van der Waals surface area contributed by atoms with Crippen LogP contribution in [-0.2, 0) is 9.47 Å². The first-order valence-corrected chi connectivity index (χ1v) is 18.8. The molecule has 2 aromatic rings. The van der Waals surface area contributed by atoms with Crippen LogP contribution in [0.15, 0.2) is 83.4 Å². The summed E-state index contributed by atoms with van der Waals surface area (Å²) in [4.78, 5) is 0. The highest BCUT2D eigenvalue weighted by atomic mass is 16.5. The van der Waals surface area contributed by atoms with Gasteiger partial charge in [-0.3, -0.25) is 0 Å². The topological polar surface area (TPSA) is 36.9 Å². The zero-order valence-corrected chi connectivity index (χ0v) is 31.0. The molecule has 0 bridgehead atoms. The monoisotopic (exact) mass is 660 g/mol. The number of allylic oxidation sites excluding steroid dienone is 6. The van der Waals surface area contributed by atoms with Crippen molar-refractivity contribution in [2.75, 3.05) is 26.4 Å². The van der Waals surface area contributed by atoms with Gasteiger partial charge in [-0.2, -0.15) is 0 Å². The molecule has 6 rings (SSSR count). The Bertz CT molecular complexity index is 1730. The fourth-order valence-corrected chi connectivity index (χ4v) is 6.78. The number of rotatable bonds is 16. The Morgan fingerprint density at radius 3 is 1.78 bits per heavy atom. The van der Waals surface area contributed by atoms with Crippen molar-refractivity contribution in [1.82, 2.24) is 0 Å². The minimum absolute atomic E-state index is 0.410. The van der Waals surface area contributed by atoms with Crippen LogP contribution in [0, 0.1) is 29.1 Å². The first kappa shape index (κ1) is 34.9. The van der Waals surface area contributed by atoms with Crippen molar-refractivity contribution in [3.8, 4) is 11.5 Å². The van der Waals surface area contributed by atoms with Crippen LogP contribution in [0.3, 0.4) is 0 Å². The van der Waals surface area contributed by atoms with E-state index in [1.165, 1.54) is 27.8 Å². The van der Waals surface area contributed by atoms with Gasteiger partial charge in [0.25, 0.3) is 0 Å². The van der Waals surface area contributed by atoms with E-state index >= 15 is 0 Å². The SMILES string of the molecule is CCC(C)COC1=C(OCC(C)CC)C2(C=CC=C3C2=Cc2ccccc23)C2=Cc3cc(OCC(C)CC)c(OCC(C)CC)cc3C2=C1. The Morgan fingerprint density at radius 1 is 0.571 bits per heavy atom. The molecule has 49 heavy (non-hydrogen) atoms. The van der Waals surface area contributed by atoms with E-state index in [0.717, 1.165) is 65.4 Å². The Kier molecular flexibility index (Phi) is 10.6. The van der Waals surface area contributed by atoms with Gasteiger partial charge < -0.3 is 18.9 Å². The third-order valence-electron chi connectivity index (χ3n) is 11.0. The fourth-order valence-electron chi connectivity index (χ4n) is 6.78. The summed E-state index contributed by atoms with van der Waals surface area (Å²) in [5, 5.41) is 0. The minimum atomic E-state index is -0.653. The van der Waals surface area contributed by atoms with Crippen molar-refractivity contribution in [3.63, 3.8) is 0 Å². The van der Waals surface area contributed by atoms with E-state index in [1.54, 1.807) is 0 Å². The van der Waals surface area contributed by atoms with E-state index in [0.29, 0.717) is 50.1 Å². The van der Waals surface area contributed by atoms with Gasteiger partial charge in [0.15, 0.2) is 23.0 Å². The average Bonchev–Trinajstić information content (AvgIpc) is 3.69. The molecular weight excluding hydrogens is 604 g/mol. The Morgan fingerprint density at radius 2 is 1.12 bits per heavy atom. The van der Waals surface area contributed by atoms with Gasteiger partial charge in [0.1, 0.15) is 5.41 Å². The lowest BCUT2D eigenvalue weighted by Crippen LogP contribution is -2.33. The molecule has 0 saturated heterocycles. The highest BCUT2D eigenvalue weighted by molar-refractivity contribution is 6.06. The van der Waals surface area contributed by atoms with Crippen LogP contribution in [0.2, 0.25) is 0 Å². The molecule has 2 aromatic carbocycles. The Balaban J connectivity index is 1.54. The molecule has 0 fully saturated rings. The largest absolute Gasteiger partial charge is 0.492 e. The highest BCUT2D eigenvalue weighted by Crippen LogP contribution is 2.63. The standard InChI is InChI=1S/C45H56O4/c1-9-29(5)25-46-41-22-34-21-40-38(37(34)23-42(41)47-26-30(6)10-2)24-43(48-27-31(7)11-3)44(49-28-32(8)12-4)45(40)19-15-18-36-35-17-14-13-16-33(35)20-39(36)45/h13-24,29-32H,9-12,25-28H2,1-8H3. The van der Waals surface area contributed by atoms with Crippen molar-refractivity contribution in [1.29, 1.82) is 0 Å². The summed E-state index contributed by atoms with van der Waals surface area (Å²) in [6, 6.07) is 13.1. The van der Waals surface area contributed by atoms with Crippen LogP contribution in [0.4, 0.5) is 0 Å². The van der Waals surface area contributed by atoms with Crippen LogP contribution in [0.1, 0.15) is 103 Å². The van der Waals surface area contributed by atoms with Gasteiger partial charge >= 0.3 is 0 Å². The second-order valence-corrected chi connectivity index (χ2v) is 14.9. The lowest BCUT2D eigenvalue weighted by atomic mass is 9.64. The van der Waals surface area contributed by atoms with Crippen molar-refractivity contribution in [2.24, 2.45) is 29.1 Å². The van der Waals surface area contributed by atoms with Crippen molar-refractivity contribution < 1.29 is 18.9 Å². The highest BCUT2D eigenvalue weighted by Gasteiger charge is 2.52. The predicted octanol–water partition coefficient (Wildman–Crippen LogP) is 11.7. The Hall–Kier alpha value is -3.92. The average molecular weight is 661 g/mol. The van der Waals surface area contributed by atoms with Gasteiger partial charge in [0.05, 0.1) is 26.4 Å². The second-order valence-electron chi connectivity index (χ2n) is 14.9. The van der Waals surface area contributed by atoms with Gasteiger partial charge in [-0.1, -0.05) is 124 Å². The summed E-state index contributed by atoms with van der Waals surface area (Å²) in [7, 11) is 0. The van der Waals surface area contributed by atoms with Crippen LogP contribution in [0.5, 0.6) is 11.5 Å². The number of benzene rings is 2. The summed E-state index contributed by atoms with van der Waals surface area (Å²) in [6.45, 7) is 20.4. The van der Waals surface area contributed by atoms with Crippen LogP contribution in [-0.4, -0.2) is 26.4 Å². The van der Waals surface area contributed by atoms with Crippen molar-refractivity contribution in [2.45, 2.75) is 81.1 Å². The van der Waals surface area contributed by atoms with Crippen LogP contribution >= 0.6 is 0 Å². The summed E-state index contributed by atoms with van der Waals surface area (Å²) < 4.78 is 26.9. The van der Waals surface area contributed by atoms with Crippen LogP contribution < -0.4 is 9.47 Å². The zero-order valence-electron chi connectivity index (χ0n) is 31.0. The number of fused-ring (bicyclic) bond motifs is 8. The number of ether oxygens (including phenoxy) is 4. The maximum absolute atomic E-state index is 7.02. The fraction of sp³-hybridized carbons (Fsp3) is 0.467. The molecule has 260 valence electrons. The maximum atomic E-state index is 7.02. The van der Waals surface area contributed by atoms with Gasteiger partial charge in [0, 0.05) is 0 Å². The summed E-state index contributed by atoms with van der Waals surface area (Å²) >= 11 is 0. The third-order valence-corrected chi connectivity index (χ3v) is 11.0. The molecule has 1 spiro atoms. The second kappa shape index (κ2) is 14.9. The van der Waals surface area contributed by atoms with Gasteiger partial charge in [-0.15, -0.1) is 0 Å².